The summed E-state index contributed by atoms with van der Waals surface area (Å²) in [6, 6.07) is 16.0. The van der Waals surface area contributed by atoms with Gasteiger partial charge in [0.1, 0.15) is 0 Å². The maximum Gasteiger partial charge on any atom is 0.290 e. The van der Waals surface area contributed by atoms with E-state index in [-0.39, 0.29) is 13.1 Å². The highest BCUT2D eigenvalue weighted by atomic mass is 16.3. The number of rotatable bonds is 3. The largest absolute Gasteiger partial charge is 0.483 e. The molecule has 0 bridgehead atoms. The van der Waals surface area contributed by atoms with Gasteiger partial charge >= 0.3 is 0 Å². The fraction of sp³-hybridized carbons (Fsp3) is 0.133. The number of nitrogens with two attached hydrogens (primary N) is 1. The monoisotopic (exact) mass is 259 g/mol. The van der Waals surface area contributed by atoms with Crippen molar-refractivity contribution in [3.8, 4) is 11.1 Å². The van der Waals surface area contributed by atoms with Crippen LogP contribution in [0, 0.1) is 0 Å². The second-order valence-electron chi connectivity index (χ2n) is 3.83. The molecule has 4 heteroatoms. The van der Waals surface area contributed by atoms with Gasteiger partial charge in [0.2, 0.25) is 0 Å². The van der Waals surface area contributed by atoms with E-state index >= 15 is 0 Å². The second kappa shape index (κ2) is 8.02. The molecular weight excluding hydrogens is 242 g/mol. The van der Waals surface area contributed by atoms with Crippen molar-refractivity contribution in [2.75, 3.05) is 0 Å². The Bertz CT molecular complexity index is 526. The standard InChI is InChI=1S/C14H15NO.CH2O2/c15-9-13-5-1-2-7-14(13)12-6-3-4-11(8-12)10-16;2-1-3/h1-8,16H,9-10,15H2;1H,(H,2,3). The molecule has 0 saturated heterocycles. The molecule has 0 aliphatic rings. The molecule has 0 aliphatic carbocycles. The van der Waals surface area contributed by atoms with Crippen LogP contribution in [-0.2, 0) is 17.9 Å². The first kappa shape index (κ1) is 14.9. The van der Waals surface area contributed by atoms with E-state index in [4.69, 9.17) is 20.7 Å². The van der Waals surface area contributed by atoms with Crippen molar-refractivity contribution >= 4 is 6.47 Å². The van der Waals surface area contributed by atoms with Gasteiger partial charge in [0.05, 0.1) is 6.61 Å². The van der Waals surface area contributed by atoms with E-state index in [0.717, 1.165) is 22.3 Å². The Morgan fingerprint density at radius 3 is 2.42 bits per heavy atom. The zero-order valence-electron chi connectivity index (χ0n) is 10.5. The van der Waals surface area contributed by atoms with Crippen LogP contribution < -0.4 is 5.73 Å². The topological polar surface area (TPSA) is 83.5 Å². The number of carbonyl (C=O) groups is 1. The summed E-state index contributed by atoms with van der Waals surface area (Å²) in [5, 5.41) is 16.0. The molecule has 2 aromatic rings. The minimum atomic E-state index is -0.250. The van der Waals surface area contributed by atoms with Gasteiger partial charge in [-0.1, -0.05) is 42.5 Å². The summed E-state index contributed by atoms with van der Waals surface area (Å²) in [4.78, 5) is 8.36. The molecule has 0 aliphatic heterocycles. The van der Waals surface area contributed by atoms with Crippen molar-refractivity contribution in [3.05, 3.63) is 59.7 Å². The fourth-order valence-electron chi connectivity index (χ4n) is 1.82. The van der Waals surface area contributed by atoms with E-state index in [9.17, 15) is 0 Å². The summed E-state index contributed by atoms with van der Waals surface area (Å²) in [6.07, 6.45) is 0. The number of aliphatic hydroxyl groups is 1. The maximum absolute atomic E-state index is 9.11. The highest BCUT2D eigenvalue weighted by Gasteiger charge is 2.03. The molecule has 0 heterocycles. The Labute approximate surface area is 112 Å². The summed E-state index contributed by atoms with van der Waals surface area (Å²) in [5.41, 5.74) is 10.00. The van der Waals surface area contributed by atoms with Crippen LogP contribution in [0.15, 0.2) is 48.5 Å². The van der Waals surface area contributed by atoms with E-state index < -0.39 is 0 Å². The molecule has 2 aromatic carbocycles. The lowest BCUT2D eigenvalue weighted by atomic mass is 9.98. The molecule has 0 atom stereocenters. The molecule has 0 amide bonds. The van der Waals surface area contributed by atoms with Gasteiger partial charge < -0.3 is 15.9 Å². The summed E-state index contributed by atoms with van der Waals surface area (Å²) in [5.74, 6) is 0. The summed E-state index contributed by atoms with van der Waals surface area (Å²) < 4.78 is 0. The van der Waals surface area contributed by atoms with Gasteiger partial charge in [0, 0.05) is 6.54 Å². The van der Waals surface area contributed by atoms with E-state index in [1.807, 2.05) is 42.5 Å². The zero-order valence-corrected chi connectivity index (χ0v) is 10.5. The summed E-state index contributed by atoms with van der Waals surface area (Å²) in [6.45, 7) is 0.345. The van der Waals surface area contributed by atoms with E-state index in [1.54, 1.807) is 0 Å². The first-order chi connectivity index (χ1) is 9.26. The highest BCUT2D eigenvalue weighted by Crippen LogP contribution is 2.24. The minimum absolute atomic E-state index is 0.0681. The Morgan fingerprint density at radius 2 is 1.79 bits per heavy atom. The quantitative estimate of drug-likeness (QED) is 0.736. The molecular formula is C15H17NO3. The van der Waals surface area contributed by atoms with Crippen molar-refractivity contribution in [1.82, 2.24) is 0 Å². The van der Waals surface area contributed by atoms with Gasteiger partial charge in [0.15, 0.2) is 0 Å². The average Bonchev–Trinajstić information content (AvgIpc) is 2.48. The highest BCUT2D eigenvalue weighted by molar-refractivity contribution is 5.67. The molecule has 0 radical (unpaired) electrons. The molecule has 0 fully saturated rings. The van der Waals surface area contributed by atoms with Crippen molar-refractivity contribution in [2.24, 2.45) is 5.73 Å². The van der Waals surface area contributed by atoms with Gasteiger partial charge in [-0.25, -0.2) is 0 Å². The SMILES string of the molecule is NCc1ccccc1-c1cccc(CO)c1.O=CO. The summed E-state index contributed by atoms with van der Waals surface area (Å²) >= 11 is 0. The molecule has 0 spiro atoms. The van der Waals surface area contributed by atoms with Gasteiger partial charge in [0.25, 0.3) is 6.47 Å². The molecule has 19 heavy (non-hydrogen) atoms. The number of benzene rings is 2. The number of hydrogen-bond acceptors (Lipinski definition) is 3. The maximum atomic E-state index is 9.11. The third-order valence-corrected chi connectivity index (χ3v) is 2.66. The molecule has 0 unspecified atom stereocenters. The minimum Gasteiger partial charge on any atom is -0.483 e. The molecule has 0 aromatic heterocycles. The van der Waals surface area contributed by atoms with Gasteiger partial charge in [-0.2, -0.15) is 0 Å². The van der Waals surface area contributed by atoms with Gasteiger partial charge in [-0.05, 0) is 28.3 Å². The first-order valence-corrected chi connectivity index (χ1v) is 5.82. The van der Waals surface area contributed by atoms with Gasteiger partial charge in [-0.15, -0.1) is 0 Å². The fourth-order valence-corrected chi connectivity index (χ4v) is 1.82. The van der Waals surface area contributed by atoms with E-state index in [1.165, 1.54) is 0 Å². The third kappa shape index (κ3) is 4.21. The van der Waals surface area contributed by atoms with Gasteiger partial charge in [-0.3, -0.25) is 4.79 Å². The van der Waals surface area contributed by atoms with Crippen molar-refractivity contribution in [2.45, 2.75) is 13.2 Å². The lowest BCUT2D eigenvalue weighted by molar-refractivity contribution is -0.122. The van der Waals surface area contributed by atoms with Crippen LogP contribution in [0.5, 0.6) is 0 Å². The molecule has 2 rings (SSSR count). The van der Waals surface area contributed by atoms with Crippen LogP contribution in [0.4, 0.5) is 0 Å². The van der Waals surface area contributed by atoms with E-state index in [2.05, 4.69) is 6.07 Å². The Balaban J connectivity index is 0.000000550. The lowest BCUT2D eigenvalue weighted by Crippen LogP contribution is -1.98. The third-order valence-electron chi connectivity index (χ3n) is 2.66. The Hall–Kier alpha value is -2.17. The van der Waals surface area contributed by atoms with Crippen LogP contribution in [0.2, 0.25) is 0 Å². The number of hydrogen-bond donors (Lipinski definition) is 3. The van der Waals surface area contributed by atoms with E-state index in [0.29, 0.717) is 6.54 Å². The smallest absolute Gasteiger partial charge is 0.290 e. The molecule has 4 N–H and O–H groups in total. The number of carboxylic acid groups (broad SMARTS) is 1. The Morgan fingerprint density at radius 1 is 1.11 bits per heavy atom. The van der Waals surface area contributed by atoms with Crippen LogP contribution in [0.3, 0.4) is 0 Å². The average molecular weight is 259 g/mol. The van der Waals surface area contributed by atoms with Crippen LogP contribution >= 0.6 is 0 Å². The predicted molar refractivity (Wildman–Crippen MR) is 74.4 cm³/mol. The molecule has 4 nitrogen and oxygen atoms in total. The normalized spacial score (nSPS) is 9.37. The van der Waals surface area contributed by atoms with Crippen molar-refractivity contribution < 1.29 is 15.0 Å². The van der Waals surface area contributed by atoms with Crippen molar-refractivity contribution in [1.29, 1.82) is 0 Å². The Kier molecular flexibility index (Phi) is 6.29. The van der Waals surface area contributed by atoms with Crippen LogP contribution in [-0.4, -0.2) is 16.7 Å². The summed E-state index contributed by atoms with van der Waals surface area (Å²) in [7, 11) is 0. The molecule has 0 saturated carbocycles. The lowest BCUT2D eigenvalue weighted by Gasteiger charge is -2.08. The van der Waals surface area contributed by atoms with Crippen LogP contribution in [0.25, 0.3) is 11.1 Å². The predicted octanol–water partition coefficient (Wildman–Crippen LogP) is 2.01. The van der Waals surface area contributed by atoms with Crippen LogP contribution in [0.1, 0.15) is 11.1 Å². The first-order valence-electron chi connectivity index (χ1n) is 5.82. The molecule has 100 valence electrons. The van der Waals surface area contributed by atoms with Crippen molar-refractivity contribution in [3.63, 3.8) is 0 Å². The number of aliphatic hydroxyl groups excluding tert-OH is 1. The zero-order chi connectivity index (χ0) is 14.1. The second-order valence-corrected chi connectivity index (χ2v) is 3.83.